The number of fused-ring (bicyclic) bond motifs is 1. The minimum Gasteiger partial charge on any atom is -0.422 e. The van der Waals surface area contributed by atoms with E-state index in [1.807, 2.05) is 24.5 Å². The number of carbonyl (C=O) groups excluding carboxylic acids is 1. The summed E-state index contributed by atoms with van der Waals surface area (Å²) >= 11 is 1.39. The third kappa shape index (κ3) is 3.29. The summed E-state index contributed by atoms with van der Waals surface area (Å²) in [7, 11) is 0. The molecule has 0 aliphatic carbocycles. The second-order valence-corrected chi connectivity index (χ2v) is 6.85. The fourth-order valence-corrected chi connectivity index (χ4v) is 3.32. The molecule has 4 rings (SSSR count). The Morgan fingerprint density at radius 2 is 1.86 bits per heavy atom. The molecular formula is C20H16N4O3S. The molecule has 8 heteroatoms. The number of para-hydroxylation sites is 1. The summed E-state index contributed by atoms with van der Waals surface area (Å²) in [5.41, 5.74) is 4.48. The number of carbonyl (C=O) groups is 1. The normalized spacial score (nSPS) is 10.9. The van der Waals surface area contributed by atoms with Gasteiger partial charge >= 0.3 is 5.63 Å². The highest BCUT2D eigenvalue weighted by Gasteiger charge is 2.13. The van der Waals surface area contributed by atoms with Gasteiger partial charge in [-0.3, -0.25) is 10.2 Å². The average molecular weight is 392 g/mol. The van der Waals surface area contributed by atoms with Crippen LogP contribution in [0.25, 0.3) is 22.1 Å². The maximum Gasteiger partial charge on any atom is 0.344 e. The van der Waals surface area contributed by atoms with E-state index in [0.717, 1.165) is 5.39 Å². The minimum atomic E-state index is -0.416. The van der Waals surface area contributed by atoms with Crippen molar-refractivity contribution in [1.82, 2.24) is 14.9 Å². The first-order valence-corrected chi connectivity index (χ1v) is 9.70. The van der Waals surface area contributed by atoms with E-state index in [4.69, 9.17) is 4.42 Å². The number of aryl methyl sites for hydroxylation is 1. The first-order chi connectivity index (χ1) is 13.6. The standard InChI is InChI=1S/C20H16N4O3S/c1-12-21-22-20(28-2)24(12)23-18(25)14-9-7-13(8-10-14)16-11-15-5-3-4-6-17(15)27-19(16)26/h3-11H,1-2H3,(H,23,25). The first kappa shape index (κ1) is 18.0. The summed E-state index contributed by atoms with van der Waals surface area (Å²) in [5.74, 6) is 0.290. The lowest BCUT2D eigenvalue weighted by Gasteiger charge is -2.09. The number of thioether (sulfide) groups is 1. The summed E-state index contributed by atoms with van der Waals surface area (Å²) in [5, 5.41) is 9.37. The molecule has 28 heavy (non-hydrogen) atoms. The molecule has 1 amide bonds. The number of amides is 1. The van der Waals surface area contributed by atoms with Crippen molar-refractivity contribution in [2.45, 2.75) is 12.1 Å². The molecule has 2 aromatic carbocycles. The van der Waals surface area contributed by atoms with Crippen molar-refractivity contribution in [3.8, 4) is 11.1 Å². The smallest absolute Gasteiger partial charge is 0.344 e. The van der Waals surface area contributed by atoms with Crippen molar-refractivity contribution in [3.05, 3.63) is 76.4 Å². The van der Waals surface area contributed by atoms with Gasteiger partial charge in [-0.15, -0.1) is 10.2 Å². The van der Waals surface area contributed by atoms with Crippen LogP contribution in [0.3, 0.4) is 0 Å². The fraction of sp³-hybridized carbons (Fsp3) is 0.100. The van der Waals surface area contributed by atoms with Gasteiger partial charge in [0.2, 0.25) is 5.16 Å². The molecule has 0 aliphatic heterocycles. The number of rotatable bonds is 4. The van der Waals surface area contributed by atoms with Crippen LogP contribution < -0.4 is 11.1 Å². The van der Waals surface area contributed by atoms with Gasteiger partial charge in [0.25, 0.3) is 5.91 Å². The van der Waals surface area contributed by atoms with Crippen molar-refractivity contribution in [2.75, 3.05) is 11.7 Å². The van der Waals surface area contributed by atoms with Gasteiger partial charge in [0, 0.05) is 10.9 Å². The Bertz CT molecular complexity index is 1230. The van der Waals surface area contributed by atoms with Gasteiger partial charge in [0.05, 0.1) is 5.56 Å². The van der Waals surface area contributed by atoms with E-state index in [-0.39, 0.29) is 5.91 Å². The van der Waals surface area contributed by atoms with Crippen molar-refractivity contribution in [2.24, 2.45) is 0 Å². The zero-order valence-electron chi connectivity index (χ0n) is 15.2. The van der Waals surface area contributed by atoms with Crippen LogP contribution in [0.4, 0.5) is 0 Å². The van der Waals surface area contributed by atoms with Crippen molar-refractivity contribution in [3.63, 3.8) is 0 Å². The first-order valence-electron chi connectivity index (χ1n) is 8.47. The number of benzene rings is 2. The van der Waals surface area contributed by atoms with Gasteiger partial charge in [-0.1, -0.05) is 42.1 Å². The lowest BCUT2D eigenvalue weighted by Crippen LogP contribution is -2.24. The Labute approximate surface area is 164 Å². The second kappa shape index (κ2) is 7.32. The molecule has 0 spiro atoms. The summed E-state index contributed by atoms with van der Waals surface area (Å²) in [4.78, 5) is 24.9. The molecule has 0 saturated heterocycles. The molecule has 2 aromatic heterocycles. The van der Waals surface area contributed by atoms with E-state index in [1.165, 1.54) is 11.8 Å². The van der Waals surface area contributed by atoms with Crippen LogP contribution in [-0.4, -0.2) is 27.0 Å². The van der Waals surface area contributed by atoms with Gasteiger partial charge in [0.1, 0.15) is 11.4 Å². The third-order valence-electron chi connectivity index (χ3n) is 4.29. The Hall–Kier alpha value is -3.39. The van der Waals surface area contributed by atoms with Crippen LogP contribution in [0.2, 0.25) is 0 Å². The molecule has 0 bridgehead atoms. The van der Waals surface area contributed by atoms with Crippen molar-refractivity contribution < 1.29 is 9.21 Å². The monoisotopic (exact) mass is 392 g/mol. The van der Waals surface area contributed by atoms with E-state index < -0.39 is 5.63 Å². The van der Waals surface area contributed by atoms with E-state index in [0.29, 0.717) is 33.3 Å². The fourth-order valence-electron chi connectivity index (χ4n) is 2.83. The molecule has 0 atom stereocenters. The molecule has 0 fully saturated rings. The zero-order chi connectivity index (χ0) is 19.7. The average Bonchev–Trinajstić information content (AvgIpc) is 3.07. The highest BCUT2D eigenvalue weighted by atomic mass is 32.2. The maximum atomic E-state index is 12.5. The number of nitrogens with one attached hydrogen (secondary N) is 1. The molecule has 7 nitrogen and oxygen atoms in total. The van der Waals surface area contributed by atoms with Crippen LogP contribution in [0.5, 0.6) is 0 Å². The maximum absolute atomic E-state index is 12.5. The summed E-state index contributed by atoms with van der Waals surface area (Å²) in [6, 6.07) is 15.9. The van der Waals surface area contributed by atoms with Crippen LogP contribution in [0.15, 0.2) is 69.0 Å². The molecule has 0 saturated carbocycles. The second-order valence-electron chi connectivity index (χ2n) is 6.07. The highest BCUT2D eigenvalue weighted by Crippen LogP contribution is 2.21. The van der Waals surface area contributed by atoms with Gasteiger partial charge in [-0.25, -0.2) is 9.47 Å². The minimum absolute atomic E-state index is 0.296. The van der Waals surface area contributed by atoms with Gasteiger partial charge < -0.3 is 4.42 Å². The molecule has 1 N–H and O–H groups in total. The van der Waals surface area contributed by atoms with Crippen LogP contribution in [0.1, 0.15) is 16.2 Å². The van der Waals surface area contributed by atoms with Gasteiger partial charge in [0.15, 0.2) is 0 Å². The Morgan fingerprint density at radius 3 is 2.61 bits per heavy atom. The quantitative estimate of drug-likeness (QED) is 0.422. The molecule has 140 valence electrons. The summed E-state index contributed by atoms with van der Waals surface area (Å²) in [6.07, 6.45) is 1.86. The summed E-state index contributed by atoms with van der Waals surface area (Å²) in [6.45, 7) is 1.76. The number of nitrogens with zero attached hydrogens (tertiary/aromatic N) is 3. The van der Waals surface area contributed by atoms with E-state index in [1.54, 1.807) is 48.0 Å². The predicted molar refractivity (Wildman–Crippen MR) is 108 cm³/mol. The van der Waals surface area contributed by atoms with Crippen LogP contribution in [0, 0.1) is 6.92 Å². The topological polar surface area (TPSA) is 90.0 Å². The SMILES string of the molecule is CSc1nnc(C)n1NC(=O)c1ccc(-c2cc3ccccc3oc2=O)cc1. The van der Waals surface area contributed by atoms with Gasteiger partial charge in [-0.2, -0.15) is 0 Å². The molecule has 0 aliphatic rings. The van der Waals surface area contributed by atoms with E-state index in [9.17, 15) is 9.59 Å². The van der Waals surface area contributed by atoms with Crippen molar-refractivity contribution >= 4 is 28.6 Å². The zero-order valence-corrected chi connectivity index (χ0v) is 16.0. The van der Waals surface area contributed by atoms with Crippen LogP contribution >= 0.6 is 11.8 Å². The van der Waals surface area contributed by atoms with Crippen LogP contribution in [-0.2, 0) is 0 Å². The number of hydrogen-bond acceptors (Lipinski definition) is 6. The lowest BCUT2D eigenvalue weighted by molar-refractivity contribution is 0.101. The molecule has 2 heterocycles. The van der Waals surface area contributed by atoms with Gasteiger partial charge in [-0.05, 0) is 43.0 Å². The lowest BCUT2D eigenvalue weighted by atomic mass is 10.0. The Kier molecular flexibility index (Phi) is 4.70. The highest BCUT2D eigenvalue weighted by molar-refractivity contribution is 7.98. The third-order valence-corrected chi connectivity index (χ3v) is 4.92. The van der Waals surface area contributed by atoms with Crippen molar-refractivity contribution in [1.29, 1.82) is 0 Å². The molecule has 0 unspecified atom stereocenters. The molecule has 0 radical (unpaired) electrons. The predicted octanol–water partition coefficient (Wildman–Crippen LogP) is 3.47. The molecular weight excluding hydrogens is 376 g/mol. The molecule has 4 aromatic rings. The summed E-state index contributed by atoms with van der Waals surface area (Å²) < 4.78 is 6.92. The Morgan fingerprint density at radius 1 is 1.11 bits per heavy atom. The number of hydrogen-bond donors (Lipinski definition) is 1. The van der Waals surface area contributed by atoms with E-state index >= 15 is 0 Å². The van der Waals surface area contributed by atoms with E-state index in [2.05, 4.69) is 15.6 Å². The largest absolute Gasteiger partial charge is 0.422 e. The number of aromatic nitrogens is 3. The Balaban J connectivity index is 1.62.